The number of benzene rings is 1. The molecule has 32 heavy (non-hydrogen) atoms. The summed E-state index contributed by atoms with van der Waals surface area (Å²) in [5.74, 6) is -3.00. The van der Waals surface area contributed by atoms with Gasteiger partial charge in [-0.2, -0.15) is 0 Å². The van der Waals surface area contributed by atoms with Gasteiger partial charge in [0.15, 0.2) is 5.75 Å². The van der Waals surface area contributed by atoms with Crippen molar-refractivity contribution in [3.05, 3.63) is 17.7 Å². The topological polar surface area (TPSA) is 142 Å². The van der Waals surface area contributed by atoms with E-state index in [4.69, 9.17) is 14.6 Å². The molecule has 1 amide bonds. The summed E-state index contributed by atoms with van der Waals surface area (Å²) in [6, 6.07) is 2.14. The third-order valence-corrected chi connectivity index (χ3v) is 8.35. The normalized spacial score (nSPS) is 38.9. The molecule has 0 aromatic heterocycles. The van der Waals surface area contributed by atoms with Crippen LogP contribution in [0.1, 0.15) is 56.3 Å². The molecule has 3 saturated heterocycles. The van der Waals surface area contributed by atoms with Crippen LogP contribution in [0.4, 0.5) is 5.69 Å². The molecule has 5 fully saturated rings. The first kappa shape index (κ1) is 21.1. The van der Waals surface area contributed by atoms with Crippen molar-refractivity contribution in [1.82, 2.24) is 0 Å². The third kappa shape index (κ3) is 2.76. The van der Waals surface area contributed by atoms with Gasteiger partial charge in [-0.15, -0.1) is 0 Å². The first-order chi connectivity index (χ1) is 15.0. The van der Waals surface area contributed by atoms with E-state index in [1.807, 2.05) is 6.92 Å². The van der Waals surface area contributed by atoms with Crippen LogP contribution >= 0.6 is 0 Å². The molecule has 3 aliphatic heterocycles. The van der Waals surface area contributed by atoms with Crippen LogP contribution in [-0.4, -0.2) is 51.5 Å². The fourth-order valence-electron chi connectivity index (χ4n) is 7.10. The Hall–Kier alpha value is -2.81. The Kier molecular flexibility index (Phi) is 4.34. The van der Waals surface area contributed by atoms with Crippen molar-refractivity contribution in [3.8, 4) is 11.5 Å². The fraction of sp³-hybridized carbons (Fsp3) is 0.609. The first-order valence-corrected chi connectivity index (χ1v) is 10.9. The Bertz CT molecular complexity index is 1040. The third-order valence-electron chi connectivity index (χ3n) is 8.35. The van der Waals surface area contributed by atoms with Crippen LogP contribution in [0.15, 0.2) is 12.1 Å². The zero-order valence-corrected chi connectivity index (χ0v) is 18.0. The number of amides is 1. The van der Waals surface area contributed by atoms with E-state index in [0.29, 0.717) is 12.5 Å². The quantitative estimate of drug-likeness (QED) is 0.400. The highest BCUT2D eigenvalue weighted by molar-refractivity contribution is 5.99. The summed E-state index contributed by atoms with van der Waals surface area (Å²) in [4.78, 5) is 36.8. The Labute approximate surface area is 184 Å². The second-order valence-electron chi connectivity index (χ2n) is 10.3. The summed E-state index contributed by atoms with van der Waals surface area (Å²) < 4.78 is 12.0. The van der Waals surface area contributed by atoms with Gasteiger partial charge in [0.2, 0.25) is 5.91 Å². The maximum atomic E-state index is 12.9. The maximum absolute atomic E-state index is 12.9. The summed E-state index contributed by atoms with van der Waals surface area (Å²) in [5.41, 5.74) is -1.98. The van der Waals surface area contributed by atoms with Crippen LogP contribution in [0.25, 0.3) is 0 Å². The number of cyclic esters (lactones) is 1. The number of aromatic carboxylic acids is 1. The molecule has 5 aliphatic rings. The van der Waals surface area contributed by atoms with E-state index in [9.17, 15) is 24.6 Å². The minimum atomic E-state index is -1.39. The number of esters is 1. The highest BCUT2D eigenvalue weighted by Crippen LogP contribution is 2.71. The van der Waals surface area contributed by atoms with Crippen molar-refractivity contribution < 1.29 is 39.2 Å². The lowest BCUT2D eigenvalue weighted by Crippen LogP contribution is -2.61. The van der Waals surface area contributed by atoms with E-state index in [0.717, 1.165) is 31.4 Å². The van der Waals surface area contributed by atoms with E-state index in [2.05, 4.69) is 12.2 Å². The Morgan fingerprint density at radius 1 is 1.25 bits per heavy atom. The maximum Gasteiger partial charge on any atom is 0.339 e. The van der Waals surface area contributed by atoms with Gasteiger partial charge in [-0.05, 0) is 57.6 Å². The second kappa shape index (κ2) is 6.60. The molecular weight excluding hydrogens is 418 g/mol. The van der Waals surface area contributed by atoms with Crippen LogP contribution in [-0.2, 0) is 19.1 Å². The summed E-state index contributed by atoms with van der Waals surface area (Å²) >= 11 is 0. The number of carboxylic acid groups (broad SMARTS) is 1. The molecule has 1 aromatic rings. The van der Waals surface area contributed by atoms with Crippen molar-refractivity contribution in [2.45, 2.75) is 57.7 Å². The fourth-order valence-corrected chi connectivity index (χ4v) is 7.10. The predicted octanol–water partition coefficient (Wildman–Crippen LogP) is 2.65. The summed E-state index contributed by atoms with van der Waals surface area (Å²) in [6.07, 6.45) is 2.84. The number of aromatic hydroxyl groups is 2. The lowest BCUT2D eigenvalue weighted by Gasteiger charge is -2.56. The predicted molar refractivity (Wildman–Crippen MR) is 110 cm³/mol. The van der Waals surface area contributed by atoms with E-state index in [1.165, 1.54) is 0 Å². The lowest BCUT2D eigenvalue weighted by molar-refractivity contribution is -0.227. The number of hydrogen-bond donors (Lipinski definition) is 4. The molecule has 6 atom stereocenters. The largest absolute Gasteiger partial charge is 0.506 e. The zero-order chi connectivity index (χ0) is 23.1. The smallest absolute Gasteiger partial charge is 0.339 e. The number of carbonyl (C=O) groups excluding carboxylic acids is 2. The van der Waals surface area contributed by atoms with Gasteiger partial charge in [-0.1, -0.05) is 0 Å². The van der Waals surface area contributed by atoms with Gasteiger partial charge in [-0.25, -0.2) is 4.79 Å². The molecular formula is C23H27NO8. The van der Waals surface area contributed by atoms with E-state index < -0.39 is 34.4 Å². The van der Waals surface area contributed by atoms with E-state index in [-0.39, 0.29) is 47.5 Å². The number of hydrogen-bond acceptors (Lipinski definition) is 7. The summed E-state index contributed by atoms with van der Waals surface area (Å²) in [6.45, 7) is 4.38. The molecule has 0 radical (unpaired) electrons. The minimum absolute atomic E-state index is 0.0336. The van der Waals surface area contributed by atoms with Crippen LogP contribution < -0.4 is 5.32 Å². The van der Waals surface area contributed by atoms with Gasteiger partial charge in [0.1, 0.15) is 17.0 Å². The highest BCUT2D eigenvalue weighted by atomic mass is 16.5. The standard InChI is InChI=1S/C23H27NO8/c1-21(6-5-15(26)24-16-13(25)4-3-12(17(16)27)19(28)29)18-14-7-11-8-23(18,10-31-20(21)30)9-22(11,2)32-14/h3-4,11,14,18,25,27H,5-10H2,1-2H3,(H,24,26)(H,28,29)/t11-,14+,18+,21+,22+,23+/m1/s1. The van der Waals surface area contributed by atoms with Gasteiger partial charge in [0.05, 0.1) is 23.7 Å². The number of phenols is 2. The molecule has 1 spiro atoms. The van der Waals surface area contributed by atoms with E-state index >= 15 is 0 Å². The second-order valence-corrected chi connectivity index (χ2v) is 10.3. The molecule has 3 heterocycles. The number of rotatable bonds is 5. The number of carbonyl (C=O) groups is 3. The molecule has 0 unspecified atom stereocenters. The monoisotopic (exact) mass is 445 g/mol. The first-order valence-electron chi connectivity index (χ1n) is 10.9. The van der Waals surface area contributed by atoms with Crippen molar-refractivity contribution in [2.75, 3.05) is 11.9 Å². The molecule has 9 heteroatoms. The highest BCUT2D eigenvalue weighted by Gasteiger charge is 2.73. The molecule has 172 valence electrons. The lowest BCUT2D eigenvalue weighted by atomic mass is 9.53. The molecule has 6 rings (SSSR count). The Morgan fingerprint density at radius 2 is 2.00 bits per heavy atom. The molecule has 2 saturated carbocycles. The van der Waals surface area contributed by atoms with Crippen LogP contribution in [0.3, 0.4) is 0 Å². The summed E-state index contributed by atoms with van der Waals surface area (Å²) in [7, 11) is 0. The van der Waals surface area contributed by atoms with Gasteiger partial charge in [0, 0.05) is 17.8 Å². The van der Waals surface area contributed by atoms with Crippen molar-refractivity contribution in [2.24, 2.45) is 22.7 Å². The minimum Gasteiger partial charge on any atom is -0.506 e. The van der Waals surface area contributed by atoms with Gasteiger partial charge in [-0.3, -0.25) is 9.59 Å². The number of carboxylic acids is 1. The molecule has 4 N–H and O–H groups in total. The van der Waals surface area contributed by atoms with Gasteiger partial charge in [0.25, 0.3) is 0 Å². The number of anilines is 1. The van der Waals surface area contributed by atoms with Crippen LogP contribution in [0.5, 0.6) is 11.5 Å². The van der Waals surface area contributed by atoms with Crippen molar-refractivity contribution >= 4 is 23.5 Å². The van der Waals surface area contributed by atoms with Gasteiger partial charge >= 0.3 is 11.9 Å². The molecule has 2 aliphatic carbocycles. The van der Waals surface area contributed by atoms with Crippen molar-refractivity contribution in [3.63, 3.8) is 0 Å². The average Bonchev–Trinajstić information content (AvgIpc) is 3.08. The number of ether oxygens (including phenoxy) is 2. The molecule has 9 nitrogen and oxygen atoms in total. The van der Waals surface area contributed by atoms with Crippen molar-refractivity contribution in [1.29, 1.82) is 0 Å². The Balaban J connectivity index is 1.35. The SMILES string of the molecule is C[C@]12C[C@@]34COC(=O)[C@@](C)(CCC(=O)Nc5c(O)ccc(C(=O)O)c5O)[C@@H]3[C@H](C[C@@H]1C4)O2. The average molecular weight is 445 g/mol. The number of phenolic OH excluding ortho intramolecular Hbond substituents is 1. The van der Waals surface area contributed by atoms with Crippen LogP contribution in [0.2, 0.25) is 0 Å². The van der Waals surface area contributed by atoms with Gasteiger partial charge < -0.3 is 30.1 Å². The Morgan fingerprint density at radius 3 is 2.69 bits per heavy atom. The molecule has 1 aromatic carbocycles. The number of nitrogens with one attached hydrogen (secondary N) is 1. The zero-order valence-electron chi connectivity index (χ0n) is 18.0. The van der Waals surface area contributed by atoms with E-state index in [1.54, 1.807) is 0 Å². The summed E-state index contributed by atoms with van der Waals surface area (Å²) in [5, 5.41) is 31.7. The van der Waals surface area contributed by atoms with Crippen LogP contribution in [0, 0.1) is 22.7 Å². The molecule has 4 bridgehead atoms.